The summed E-state index contributed by atoms with van der Waals surface area (Å²) >= 11 is 0. The van der Waals surface area contributed by atoms with Gasteiger partial charge >= 0.3 is 0 Å². The Labute approximate surface area is 99.7 Å². The van der Waals surface area contributed by atoms with Gasteiger partial charge in [-0.2, -0.15) is 0 Å². The number of benzene rings is 1. The van der Waals surface area contributed by atoms with Crippen LogP contribution in [-0.2, 0) is 6.54 Å². The van der Waals surface area contributed by atoms with Crippen molar-refractivity contribution in [1.82, 2.24) is 4.98 Å². The quantitative estimate of drug-likeness (QED) is 0.874. The minimum Gasteiger partial charge on any atom is -0.326 e. The SMILES string of the molecule is Cl.NCc1cnccc1-c1ccccc1F. The van der Waals surface area contributed by atoms with Gasteiger partial charge in [0, 0.05) is 24.5 Å². The van der Waals surface area contributed by atoms with E-state index in [9.17, 15) is 4.39 Å². The third-order valence-electron chi connectivity index (χ3n) is 2.29. The lowest BCUT2D eigenvalue weighted by Crippen LogP contribution is -2.00. The molecule has 0 bridgehead atoms. The van der Waals surface area contributed by atoms with Gasteiger partial charge in [0.25, 0.3) is 0 Å². The molecule has 0 aliphatic heterocycles. The topological polar surface area (TPSA) is 38.9 Å². The zero-order chi connectivity index (χ0) is 10.7. The molecule has 1 heterocycles. The fraction of sp³-hybridized carbons (Fsp3) is 0.0833. The van der Waals surface area contributed by atoms with Crippen LogP contribution in [0, 0.1) is 5.82 Å². The van der Waals surface area contributed by atoms with E-state index >= 15 is 0 Å². The summed E-state index contributed by atoms with van der Waals surface area (Å²) in [6.07, 6.45) is 3.31. The molecule has 0 amide bonds. The highest BCUT2D eigenvalue weighted by Crippen LogP contribution is 2.24. The van der Waals surface area contributed by atoms with Crippen LogP contribution < -0.4 is 5.73 Å². The van der Waals surface area contributed by atoms with Crippen LogP contribution >= 0.6 is 12.4 Å². The van der Waals surface area contributed by atoms with Crippen LogP contribution in [-0.4, -0.2) is 4.98 Å². The van der Waals surface area contributed by atoms with Gasteiger partial charge in [-0.1, -0.05) is 18.2 Å². The highest BCUT2D eigenvalue weighted by molar-refractivity contribution is 5.85. The Bertz CT molecular complexity index is 474. The van der Waals surface area contributed by atoms with Crippen molar-refractivity contribution >= 4 is 12.4 Å². The number of rotatable bonds is 2. The molecule has 2 N–H and O–H groups in total. The second kappa shape index (κ2) is 5.58. The van der Waals surface area contributed by atoms with E-state index < -0.39 is 0 Å². The Balaban J connectivity index is 0.00000128. The van der Waals surface area contributed by atoms with E-state index in [4.69, 9.17) is 5.73 Å². The van der Waals surface area contributed by atoms with E-state index in [0.717, 1.165) is 11.1 Å². The van der Waals surface area contributed by atoms with Crippen molar-refractivity contribution in [2.24, 2.45) is 5.73 Å². The summed E-state index contributed by atoms with van der Waals surface area (Å²) < 4.78 is 13.5. The van der Waals surface area contributed by atoms with Crippen molar-refractivity contribution < 1.29 is 4.39 Å². The molecule has 0 fully saturated rings. The maximum atomic E-state index is 13.5. The fourth-order valence-electron chi connectivity index (χ4n) is 1.53. The summed E-state index contributed by atoms with van der Waals surface area (Å²) in [4.78, 5) is 3.97. The Morgan fingerprint density at radius 3 is 2.56 bits per heavy atom. The van der Waals surface area contributed by atoms with Crippen molar-refractivity contribution in [3.8, 4) is 11.1 Å². The lowest BCUT2D eigenvalue weighted by Gasteiger charge is -2.07. The molecule has 2 nitrogen and oxygen atoms in total. The average Bonchev–Trinajstić information content (AvgIpc) is 2.30. The lowest BCUT2D eigenvalue weighted by molar-refractivity contribution is 0.631. The standard InChI is InChI=1S/C12H11FN2.ClH/c13-12-4-2-1-3-11(12)10-5-6-15-8-9(10)7-14;/h1-6,8H,7,14H2;1H. The maximum Gasteiger partial charge on any atom is 0.131 e. The molecule has 0 saturated heterocycles. The van der Waals surface area contributed by atoms with E-state index in [-0.39, 0.29) is 18.2 Å². The zero-order valence-corrected chi connectivity index (χ0v) is 9.38. The summed E-state index contributed by atoms with van der Waals surface area (Å²) in [5.41, 5.74) is 7.81. The van der Waals surface area contributed by atoms with Crippen LogP contribution in [0.4, 0.5) is 4.39 Å². The number of nitrogens with two attached hydrogens (primary N) is 1. The predicted molar refractivity (Wildman–Crippen MR) is 64.8 cm³/mol. The Hall–Kier alpha value is -1.45. The molecule has 2 aromatic rings. The maximum absolute atomic E-state index is 13.5. The van der Waals surface area contributed by atoms with Crippen LogP contribution in [0.2, 0.25) is 0 Å². The second-order valence-electron chi connectivity index (χ2n) is 3.22. The van der Waals surface area contributed by atoms with E-state index in [1.54, 1.807) is 36.7 Å². The number of pyridine rings is 1. The first-order valence-electron chi connectivity index (χ1n) is 4.71. The predicted octanol–water partition coefficient (Wildman–Crippen LogP) is 2.77. The van der Waals surface area contributed by atoms with Gasteiger partial charge in [0.1, 0.15) is 5.82 Å². The van der Waals surface area contributed by atoms with Gasteiger partial charge in [-0.15, -0.1) is 12.4 Å². The first-order chi connectivity index (χ1) is 7.33. The number of hydrogen-bond acceptors (Lipinski definition) is 2. The molecule has 0 radical (unpaired) electrons. The van der Waals surface area contributed by atoms with E-state index in [2.05, 4.69) is 4.98 Å². The molecule has 0 saturated carbocycles. The summed E-state index contributed by atoms with van der Waals surface area (Å²) in [5, 5.41) is 0. The van der Waals surface area contributed by atoms with Gasteiger partial charge in [0.15, 0.2) is 0 Å². The summed E-state index contributed by atoms with van der Waals surface area (Å²) in [6, 6.07) is 8.43. The molecule has 2 rings (SSSR count). The van der Waals surface area contributed by atoms with Crippen molar-refractivity contribution in [3.05, 3.63) is 54.1 Å². The van der Waals surface area contributed by atoms with Crippen LogP contribution in [0.15, 0.2) is 42.7 Å². The Morgan fingerprint density at radius 1 is 1.12 bits per heavy atom. The zero-order valence-electron chi connectivity index (χ0n) is 8.56. The third kappa shape index (κ3) is 2.38. The molecule has 0 spiro atoms. The molecule has 4 heteroatoms. The fourth-order valence-corrected chi connectivity index (χ4v) is 1.53. The van der Waals surface area contributed by atoms with Crippen molar-refractivity contribution in [2.75, 3.05) is 0 Å². The van der Waals surface area contributed by atoms with Gasteiger partial charge in [0.05, 0.1) is 0 Å². The van der Waals surface area contributed by atoms with Crippen molar-refractivity contribution in [2.45, 2.75) is 6.54 Å². The van der Waals surface area contributed by atoms with Gasteiger partial charge in [-0.3, -0.25) is 4.98 Å². The minimum atomic E-state index is -0.238. The molecule has 0 aliphatic carbocycles. The summed E-state index contributed by atoms with van der Waals surface area (Å²) in [5.74, 6) is -0.238. The molecule has 1 aromatic carbocycles. The largest absolute Gasteiger partial charge is 0.326 e. The molecule has 0 aliphatic rings. The first-order valence-corrected chi connectivity index (χ1v) is 4.71. The minimum absolute atomic E-state index is 0. The number of nitrogens with zero attached hydrogens (tertiary/aromatic N) is 1. The highest BCUT2D eigenvalue weighted by atomic mass is 35.5. The van der Waals surface area contributed by atoms with Crippen LogP contribution in [0.25, 0.3) is 11.1 Å². The Morgan fingerprint density at radius 2 is 1.88 bits per heavy atom. The normalized spacial score (nSPS) is 9.62. The van der Waals surface area contributed by atoms with E-state index in [0.29, 0.717) is 12.1 Å². The van der Waals surface area contributed by atoms with Gasteiger partial charge in [-0.25, -0.2) is 4.39 Å². The number of halogens is 2. The molecular formula is C12H12ClFN2. The van der Waals surface area contributed by atoms with E-state index in [1.165, 1.54) is 6.07 Å². The number of aromatic nitrogens is 1. The molecule has 84 valence electrons. The summed E-state index contributed by atoms with van der Waals surface area (Å²) in [6.45, 7) is 0.359. The van der Waals surface area contributed by atoms with Crippen molar-refractivity contribution in [1.29, 1.82) is 0 Å². The van der Waals surface area contributed by atoms with E-state index in [1.807, 2.05) is 0 Å². The number of hydrogen-bond donors (Lipinski definition) is 1. The Kier molecular flexibility index (Phi) is 4.40. The molecule has 1 aromatic heterocycles. The monoisotopic (exact) mass is 238 g/mol. The van der Waals surface area contributed by atoms with Crippen LogP contribution in [0.5, 0.6) is 0 Å². The smallest absolute Gasteiger partial charge is 0.131 e. The van der Waals surface area contributed by atoms with Gasteiger partial charge in [0.2, 0.25) is 0 Å². The molecule has 16 heavy (non-hydrogen) atoms. The van der Waals surface area contributed by atoms with Crippen LogP contribution in [0.3, 0.4) is 0 Å². The third-order valence-corrected chi connectivity index (χ3v) is 2.29. The van der Waals surface area contributed by atoms with Gasteiger partial charge in [-0.05, 0) is 23.3 Å². The average molecular weight is 239 g/mol. The molecular weight excluding hydrogens is 227 g/mol. The molecule has 0 atom stereocenters. The highest BCUT2D eigenvalue weighted by Gasteiger charge is 2.07. The summed E-state index contributed by atoms with van der Waals surface area (Å²) in [7, 11) is 0. The van der Waals surface area contributed by atoms with Crippen molar-refractivity contribution in [3.63, 3.8) is 0 Å². The first kappa shape index (κ1) is 12.6. The van der Waals surface area contributed by atoms with Crippen LogP contribution in [0.1, 0.15) is 5.56 Å². The van der Waals surface area contributed by atoms with Gasteiger partial charge < -0.3 is 5.73 Å². The lowest BCUT2D eigenvalue weighted by atomic mass is 10.0. The molecule has 0 unspecified atom stereocenters. The second-order valence-corrected chi connectivity index (χ2v) is 3.22.